The second-order valence-corrected chi connectivity index (χ2v) is 6.88. The Hall–Kier alpha value is -0.000000000000000139. The van der Waals surface area contributed by atoms with Crippen LogP contribution in [-0.2, 0) is 0 Å². The number of thiophene rings is 1. The molecule has 1 heterocycles. The summed E-state index contributed by atoms with van der Waals surface area (Å²) in [7, 11) is 0. The van der Waals surface area contributed by atoms with Gasteiger partial charge < -0.3 is 5.73 Å². The standard InChI is InChI=1S/C12H11BrClNS2/c1-16-9-5-3-2-4-7(9)11(15)10-6-8(13)12(14)17-10/h2-6,11H,15H2,1H3. The molecule has 1 aromatic heterocycles. The Bertz CT molecular complexity index is 507. The summed E-state index contributed by atoms with van der Waals surface area (Å²) in [6.07, 6.45) is 2.06. The van der Waals surface area contributed by atoms with Gasteiger partial charge >= 0.3 is 0 Å². The Balaban J connectivity index is 2.39. The fraction of sp³-hybridized carbons (Fsp3) is 0.167. The van der Waals surface area contributed by atoms with Crippen LogP contribution in [0.4, 0.5) is 0 Å². The molecule has 0 aliphatic heterocycles. The van der Waals surface area contributed by atoms with Crippen molar-refractivity contribution < 1.29 is 0 Å². The lowest BCUT2D eigenvalue weighted by molar-refractivity contribution is 0.867. The Morgan fingerprint density at radius 3 is 2.71 bits per heavy atom. The highest BCUT2D eigenvalue weighted by Gasteiger charge is 2.16. The molecule has 17 heavy (non-hydrogen) atoms. The van der Waals surface area contributed by atoms with E-state index in [4.69, 9.17) is 17.3 Å². The molecule has 0 bridgehead atoms. The molecule has 1 unspecified atom stereocenters. The summed E-state index contributed by atoms with van der Waals surface area (Å²) in [5.74, 6) is 0. The molecule has 1 atom stereocenters. The fourth-order valence-electron chi connectivity index (χ4n) is 1.59. The largest absolute Gasteiger partial charge is 0.320 e. The van der Waals surface area contributed by atoms with Crippen LogP contribution in [0.5, 0.6) is 0 Å². The first-order chi connectivity index (χ1) is 8.13. The average molecular weight is 349 g/mol. The predicted molar refractivity (Wildman–Crippen MR) is 81.3 cm³/mol. The molecule has 2 aromatic rings. The average Bonchev–Trinajstić information content (AvgIpc) is 2.68. The number of nitrogens with two attached hydrogens (primary N) is 1. The van der Waals surface area contributed by atoms with Crippen LogP contribution in [0.1, 0.15) is 16.5 Å². The first-order valence-corrected chi connectivity index (χ1v) is 8.18. The molecule has 2 rings (SSSR count). The molecule has 2 N–H and O–H groups in total. The zero-order valence-corrected chi connectivity index (χ0v) is 13.1. The third-order valence-electron chi connectivity index (χ3n) is 2.44. The molecule has 5 heteroatoms. The summed E-state index contributed by atoms with van der Waals surface area (Å²) in [6, 6.07) is 10.1. The fourth-order valence-corrected chi connectivity index (χ4v) is 4.00. The van der Waals surface area contributed by atoms with E-state index >= 15 is 0 Å². The monoisotopic (exact) mass is 347 g/mol. The molecule has 0 saturated heterocycles. The van der Waals surface area contributed by atoms with Gasteiger partial charge in [-0.3, -0.25) is 0 Å². The van der Waals surface area contributed by atoms with Gasteiger partial charge in [-0.05, 0) is 39.9 Å². The first-order valence-electron chi connectivity index (χ1n) is 4.96. The van der Waals surface area contributed by atoms with Crippen molar-refractivity contribution in [1.29, 1.82) is 0 Å². The van der Waals surface area contributed by atoms with Crippen LogP contribution in [-0.4, -0.2) is 6.26 Å². The number of benzene rings is 1. The van der Waals surface area contributed by atoms with Crippen molar-refractivity contribution in [3.63, 3.8) is 0 Å². The van der Waals surface area contributed by atoms with Crippen LogP contribution in [0.25, 0.3) is 0 Å². The van der Waals surface area contributed by atoms with Crippen LogP contribution in [0.2, 0.25) is 4.34 Å². The molecule has 0 aliphatic rings. The van der Waals surface area contributed by atoms with Crippen molar-refractivity contribution in [2.75, 3.05) is 6.26 Å². The zero-order valence-electron chi connectivity index (χ0n) is 9.11. The Labute approximate surface area is 122 Å². The summed E-state index contributed by atoms with van der Waals surface area (Å²) < 4.78 is 1.66. The molecule has 0 amide bonds. The quantitative estimate of drug-likeness (QED) is 0.796. The van der Waals surface area contributed by atoms with Crippen molar-refractivity contribution in [1.82, 2.24) is 0 Å². The number of rotatable bonds is 3. The summed E-state index contributed by atoms with van der Waals surface area (Å²) in [4.78, 5) is 2.28. The van der Waals surface area contributed by atoms with Crippen molar-refractivity contribution in [3.05, 3.63) is 49.6 Å². The van der Waals surface area contributed by atoms with Gasteiger partial charge in [0.2, 0.25) is 0 Å². The first kappa shape index (κ1) is 13.4. The van der Waals surface area contributed by atoms with Gasteiger partial charge in [0.1, 0.15) is 4.34 Å². The maximum Gasteiger partial charge on any atom is 0.107 e. The van der Waals surface area contributed by atoms with Gasteiger partial charge in [0.15, 0.2) is 0 Å². The zero-order chi connectivity index (χ0) is 12.4. The lowest BCUT2D eigenvalue weighted by Crippen LogP contribution is -2.11. The van der Waals surface area contributed by atoms with E-state index in [1.54, 1.807) is 11.8 Å². The van der Waals surface area contributed by atoms with E-state index in [2.05, 4.69) is 34.3 Å². The third-order valence-corrected chi connectivity index (χ3v) is 5.81. The predicted octanol–water partition coefficient (Wildman–Crippen LogP) is 4.93. The molecular formula is C12H11BrClNS2. The highest BCUT2D eigenvalue weighted by atomic mass is 79.9. The topological polar surface area (TPSA) is 26.0 Å². The van der Waals surface area contributed by atoms with Crippen molar-refractivity contribution >= 4 is 50.6 Å². The van der Waals surface area contributed by atoms with E-state index in [0.717, 1.165) is 19.2 Å². The minimum atomic E-state index is -0.118. The summed E-state index contributed by atoms with van der Waals surface area (Å²) in [5, 5.41) is 0. The van der Waals surface area contributed by atoms with Crippen LogP contribution >= 0.6 is 50.6 Å². The van der Waals surface area contributed by atoms with Crippen LogP contribution < -0.4 is 5.73 Å². The lowest BCUT2D eigenvalue weighted by Gasteiger charge is -2.13. The highest BCUT2D eigenvalue weighted by molar-refractivity contribution is 9.10. The molecule has 90 valence electrons. The van der Waals surface area contributed by atoms with E-state index in [9.17, 15) is 0 Å². The minimum Gasteiger partial charge on any atom is -0.320 e. The van der Waals surface area contributed by atoms with Gasteiger partial charge in [0.25, 0.3) is 0 Å². The molecule has 0 radical (unpaired) electrons. The van der Waals surface area contributed by atoms with Gasteiger partial charge in [0.05, 0.1) is 6.04 Å². The Kier molecular flexibility index (Phi) is 4.55. The van der Waals surface area contributed by atoms with Crippen LogP contribution in [0, 0.1) is 0 Å². The van der Waals surface area contributed by atoms with Gasteiger partial charge in [-0.2, -0.15) is 0 Å². The van der Waals surface area contributed by atoms with Crippen molar-refractivity contribution in [2.45, 2.75) is 10.9 Å². The Morgan fingerprint density at radius 2 is 2.12 bits per heavy atom. The SMILES string of the molecule is CSc1ccccc1C(N)c1cc(Br)c(Cl)s1. The van der Waals surface area contributed by atoms with E-state index in [1.165, 1.54) is 16.2 Å². The van der Waals surface area contributed by atoms with E-state index in [0.29, 0.717) is 0 Å². The normalized spacial score (nSPS) is 12.7. The maximum absolute atomic E-state index is 6.29. The molecule has 0 spiro atoms. The van der Waals surface area contributed by atoms with Gasteiger partial charge in [-0.25, -0.2) is 0 Å². The number of halogens is 2. The van der Waals surface area contributed by atoms with Gasteiger partial charge in [-0.15, -0.1) is 23.1 Å². The third kappa shape index (κ3) is 2.88. The van der Waals surface area contributed by atoms with E-state index < -0.39 is 0 Å². The van der Waals surface area contributed by atoms with Gasteiger partial charge in [0, 0.05) is 14.2 Å². The maximum atomic E-state index is 6.29. The second kappa shape index (κ2) is 5.76. The summed E-state index contributed by atoms with van der Waals surface area (Å²) in [5.41, 5.74) is 7.44. The lowest BCUT2D eigenvalue weighted by atomic mass is 10.1. The highest BCUT2D eigenvalue weighted by Crippen LogP contribution is 2.38. The second-order valence-electron chi connectivity index (χ2n) is 3.49. The molecule has 0 saturated carbocycles. The molecule has 0 aliphatic carbocycles. The van der Waals surface area contributed by atoms with Crippen molar-refractivity contribution in [3.8, 4) is 0 Å². The summed E-state index contributed by atoms with van der Waals surface area (Å²) >= 11 is 12.7. The number of hydrogen-bond acceptors (Lipinski definition) is 3. The van der Waals surface area contributed by atoms with Crippen LogP contribution in [0.15, 0.2) is 39.7 Å². The number of thioether (sulfide) groups is 1. The molecule has 1 nitrogen and oxygen atoms in total. The molecule has 1 aromatic carbocycles. The molecule has 0 fully saturated rings. The number of hydrogen-bond donors (Lipinski definition) is 1. The minimum absolute atomic E-state index is 0.118. The summed E-state index contributed by atoms with van der Waals surface area (Å²) in [6.45, 7) is 0. The molecular weight excluding hydrogens is 338 g/mol. The van der Waals surface area contributed by atoms with Crippen LogP contribution in [0.3, 0.4) is 0 Å². The Morgan fingerprint density at radius 1 is 1.41 bits per heavy atom. The van der Waals surface area contributed by atoms with E-state index in [1.807, 2.05) is 18.2 Å². The van der Waals surface area contributed by atoms with Crippen molar-refractivity contribution in [2.24, 2.45) is 5.73 Å². The smallest absolute Gasteiger partial charge is 0.107 e. The van der Waals surface area contributed by atoms with Gasteiger partial charge in [-0.1, -0.05) is 29.8 Å². The van der Waals surface area contributed by atoms with E-state index in [-0.39, 0.29) is 6.04 Å².